The van der Waals surface area contributed by atoms with Crippen molar-refractivity contribution in [1.29, 1.82) is 0 Å². The van der Waals surface area contributed by atoms with E-state index in [0.29, 0.717) is 41.6 Å². The van der Waals surface area contributed by atoms with Crippen LogP contribution in [0.1, 0.15) is 11.1 Å². The zero-order chi connectivity index (χ0) is 21.1. The van der Waals surface area contributed by atoms with Gasteiger partial charge in [-0.15, -0.1) is 0 Å². The van der Waals surface area contributed by atoms with Gasteiger partial charge >= 0.3 is 0 Å². The molecule has 1 saturated heterocycles. The predicted molar refractivity (Wildman–Crippen MR) is 121 cm³/mol. The quantitative estimate of drug-likeness (QED) is 0.484. The Bertz CT molecular complexity index is 1070. The van der Waals surface area contributed by atoms with Gasteiger partial charge in [0.25, 0.3) is 5.56 Å². The molecule has 6 nitrogen and oxygen atoms in total. The summed E-state index contributed by atoms with van der Waals surface area (Å²) in [6.45, 7) is 7.73. The van der Waals surface area contributed by atoms with Crippen molar-refractivity contribution in [2.45, 2.75) is 25.1 Å². The first-order valence-electron chi connectivity index (χ1n) is 10.2. The number of morpholine rings is 1. The Morgan fingerprint density at radius 2 is 1.83 bits per heavy atom. The molecule has 30 heavy (non-hydrogen) atoms. The maximum absolute atomic E-state index is 13.4. The number of aromatic nitrogens is 2. The minimum Gasteiger partial charge on any atom is -0.391 e. The largest absolute Gasteiger partial charge is 0.391 e. The number of benzene rings is 2. The Hall–Kier alpha value is -2.19. The van der Waals surface area contributed by atoms with Crippen molar-refractivity contribution in [2.24, 2.45) is 0 Å². The molecule has 1 fully saturated rings. The third-order valence-electron chi connectivity index (χ3n) is 5.19. The lowest BCUT2D eigenvalue weighted by atomic mass is 10.1. The van der Waals surface area contributed by atoms with Crippen LogP contribution in [0.15, 0.2) is 52.4 Å². The number of hydrogen-bond donors (Lipinski definition) is 1. The van der Waals surface area contributed by atoms with Crippen LogP contribution in [0, 0.1) is 13.8 Å². The van der Waals surface area contributed by atoms with Crippen LogP contribution in [0.5, 0.6) is 0 Å². The van der Waals surface area contributed by atoms with Crippen molar-refractivity contribution < 1.29 is 9.84 Å². The maximum Gasteiger partial charge on any atom is 0.266 e. The summed E-state index contributed by atoms with van der Waals surface area (Å²) >= 11 is 1.42. The highest BCUT2D eigenvalue weighted by atomic mass is 32.2. The Kier molecular flexibility index (Phi) is 6.53. The van der Waals surface area contributed by atoms with Gasteiger partial charge in [0.1, 0.15) is 0 Å². The van der Waals surface area contributed by atoms with Gasteiger partial charge in [-0.25, -0.2) is 4.98 Å². The fourth-order valence-electron chi connectivity index (χ4n) is 3.82. The molecule has 3 aromatic rings. The van der Waals surface area contributed by atoms with Crippen molar-refractivity contribution in [3.63, 3.8) is 0 Å². The molecule has 0 aliphatic carbocycles. The van der Waals surface area contributed by atoms with Crippen LogP contribution in [0.25, 0.3) is 16.6 Å². The molecule has 2 heterocycles. The van der Waals surface area contributed by atoms with E-state index in [9.17, 15) is 9.90 Å². The average molecular weight is 426 g/mol. The monoisotopic (exact) mass is 425 g/mol. The minimum absolute atomic E-state index is 0.0873. The zero-order valence-corrected chi connectivity index (χ0v) is 18.2. The number of ether oxygens (including phenoxy) is 1. The Labute approximate surface area is 180 Å². The molecule has 1 aliphatic rings. The molecule has 0 radical (unpaired) electrons. The SMILES string of the molecule is Cc1cc(C)cc(-n2c(SC[C@@H](O)CN3CCOCC3)nc3ccccc3c2=O)c1. The fraction of sp³-hybridized carbons (Fsp3) is 0.391. The van der Waals surface area contributed by atoms with Crippen LogP contribution in [0.2, 0.25) is 0 Å². The van der Waals surface area contributed by atoms with Gasteiger partial charge in [0.15, 0.2) is 5.16 Å². The number of aliphatic hydroxyl groups is 1. The van der Waals surface area contributed by atoms with Gasteiger partial charge in [-0.3, -0.25) is 14.3 Å². The zero-order valence-electron chi connectivity index (χ0n) is 17.4. The van der Waals surface area contributed by atoms with Crippen molar-refractivity contribution in [2.75, 3.05) is 38.6 Å². The predicted octanol–water partition coefficient (Wildman–Crippen LogP) is 2.79. The van der Waals surface area contributed by atoms with E-state index in [0.717, 1.165) is 29.9 Å². The molecule has 0 amide bonds. The van der Waals surface area contributed by atoms with Crippen LogP contribution < -0.4 is 5.56 Å². The van der Waals surface area contributed by atoms with E-state index in [1.807, 2.05) is 50.2 Å². The van der Waals surface area contributed by atoms with Crippen LogP contribution in [0.4, 0.5) is 0 Å². The number of aliphatic hydroxyl groups excluding tert-OH is 1. The van der Waals surface area contributed by atoms with Gasteiger partial charge in [-0.1, -0.05) is 30.0 Å². The van der Waals surface area contributed by atoms with Gasteiger partial charge in [0.05, 0.1) is 35.9 Å². The lowest BCUT2D eigenvalue weighted by Gasteiger charge is -2.28. The second kappa shape index (κ2) is 9.31. The first kappa shape index (κ1) is 21.1. The van der Waals surface area contributed by atoms with E-state index in [1.165, 1.54) is 11.8 Å². The van der Waals surface area contributed by atoms with Crippen LogP contribution in [-0.2, 0) is 4.74 Å². The molecule has 0 unspecified atom stereocenters. The minimum atomic E-state index is -0.510. The number of fused-ring (bicyclic) bond motifs is 1. The summed E-state index contributed by atoms with van der Waals surface area (Å²) in [5, 5.41) is 11.8. The van der Waals surface area contributed by atoms with Gasteiger partial charge in [-0.2, -0.15) is 0 Å². The van der Waals surface area contributed by atoms with E-state index in [-0.39, 0.29) is 5.56 Å². The second-order valence-electron chi connectivity index (χ2n) is 7.78. The Morgan fingerprint density at radius 3 is 2.57 bits per heavy atom. The Balaban J connectivity index is 1.66. The lowest BCUT2D eigenvalue weighted by Crippen LogP contribution is -2.41. The number of rotatable bonds is 6. The van der Waals surface area contributed by atoms with Crippen LogP contribution in [-0.4, -0.2) is 64.3 Å². The third-order valence-corrected chi connectivity index (χ3v) is 6.27. The molecule has 1 aromatic heterocycles. The number of aryl methyl sites for hydroxylation is 2. The van der Waals surface area contributed by atoms with Gasteiger partial charge in [0.2, 0.25) is 0 Å². The van der Waals surface area contributed by atoms with E-state index in [4.69, 9.17) is 9.72 Å². The van der Waals surface area contributed by atoms with Crippen molar-refractivity contribution in [1.82, 2.24) is 14.5 Å². The van der Waals surface area contributed by atoms with E-state index in [1.54, 1.807) is 4.57 Å². The molecule has 0 bridgehead atoms. The summed E-state index contributed by atoms with van der Waals surface area (Å²) in [5.74, 6) is 0.465. The van der Waals surface area contributed by atoms with Gasteiger partial charge in [-0.05, 0) is 49.2 Å². The lowest BCUT2D eigenvalue weighted by molar-refractivity contribution is 0.0188. The fourth-order valence-corrected chi connectivity index (χ4v) is 4.75. The van der Waals surface area contributed by atoms with Crippen molar-refractivity contribution in [3.8, 4) is 5.69 Å². The normalized spacial score (nSPS) is 16.1. The summed E-state index contributed by atoms with van der Waals surface area (Å²) in [7, 11) is 0. The standard InChI is InChI=1S/C23H27N3O3S/c1-16-11-17(2)13-18(12-16)26-22(28)20-5-3-4-6-21(20)24-23(26)30-15-19(27)14-25-7-9-29-10-8-25/h3-6,11-13,19,27H,7-10,14-15H2,1-2H3/t19-/m0/s1. The number of nitrogens with zero attached hydrogens (tertiary/aromatic N) is 3. The molecule has 7 heteroatoms. The average Bonchev–Trinajstić information content (AvgIpc) is 2.72. The van der Waals surface area contributed by atoms with Gasteiger partial charge in [0, 0.05) is 25.4 Å². The maximum atomic E-state index is 13.4. The summed E-state index contributed by atoms with van der Waals surface area (Å²) in [5.41, 5.74) is 3.58. The Morgan fingerprint density at radius 1 is 1.13 bits per heavy atom. The highest BCUT2D eigenvalue weighted by Crippen LogP contribution is 2.23. The molecule has 2 aromatic carbocycles. The summed E-state index contributed by atoms with van der Waals surface area (Å²) in [4.78, 5) is 20.3. The molecule has 1 aliphatic heterocycles. The first-order chi connectivity index (χ1) is 14.5. The van der Waals surface area contributed by atoms with Crippen molar-refractivity contribution >= 4 is 22.7 Å². The first-order valence-corrected chi connectivity index (χ1v) is 11.2. The molecule has 4 rings (SSSR count). The van der Waals surface area contributed by atoms with E-state index in [2.05, 4.69) is 11.0 Å². The van der Waals surface area contributed by atoms with E-state index >= 15 is 0 Å². The molecular formula is C23H27N3O3S. The highest BCUT2D eigenvalue weighted by Gasteiger charge is 2.18. The molecule has 1 atom stereocenters. The smallest absolute Gasteiger partial charge is 0.266 e. The number of thioether (sulfide) groups is 1. The summed E-state index contributed by atoms with van der Waals surface area (Å²) < 4.78 is 7.05. The topological polar surface area (TPSA) is 67.6 Å². The van der Waals surface area contributed by atoms with E-state index < -0.39 is 6.10 Å². The molecule has 0 spiro atoms. The third kappa shape index (κ3) is 4.75. The number of β-amino-alcohol motifs (C(OH)–C–C–N with tert-alkyl or cyclic N) is 1. The summed E-state index contributed by atoms with van der Waals surface area (Å²) in [6.07, 6.45) is -0.510. The molecule has 1 N–H and O–H groups in total. The molecular weight excluding hydrogens is 398 g/mol. The highest BCUT2D eigenvalue weighted by molar-refractivity contribution is 7.99. The van der Waals surface area contributed by atoms with Crippen LogP contribution >= 0.6 is 11.8 Å². The molecule has 0 saturated carbocycles. The van der Waals surface area contributed by atoms with Crippen LogP contribution in [0.3, 0.4) is 0 Å². The number of para-hydroxylation sites is 1. The summed E-state index contributed by atoms with van der Waals surface area (Å²) in [6, 6.07) is 13.5. The second-order valence-corrected chi connectivity index (χ2v) is 8.76. The molecule has 158 valence electrons. The number of hydrogen-bond acceptors (Lipinski definition) is 6. The van der Waals surface area contributed by atoms with Gasteiger partial charge < -0.3 is 9.84 Å². The van der Waals surface area contributed by atoms with Crippen molar-refractivity contribution in [3.05, 3.63) is 63.9 Å².